The van der Waals surface area contributed by atoms with Crippen molar-refractivity contribution < 1.29 is 14.2 Å². The van der Waals surface area contributed by atoms with Crippen LogP contribution in [0, 0.1) is 0 Å². The van der Waals surface area contributed by atoms with E-state index in [2.05, 4.69) is 68.4 Å². The zero-order valence-corrected chi connectivity index (χ0v) is 21.5. The van der Waals surface area contributed by atoms with Crippen LogP contribution in [0.5, 0.6) is 0 Å². The maximum Gasteiger partial charge on any atom is 0.230 e. The SMILES string of the molecule is CC1=CC(c2ncnc(Nc3ccc(N4CCN(C5COC5)CC4)cc3)n2)CC=C1OC1CCOCC1. The predicted octanol–water partition coefficient (Wildman–Crippen LogP) is 3.65. The summed E-state index contributed by atoms with van der Waals surface area (Å²) >= 11 is 0. The second-order valence-corrected chi connectivity index (χ2v) is 10.2. The van der Waals surface area contributed by atoms with Crippen molar-refractivity contribution in [2.45, 2.75) is 44.2 Å². The number of hydrogen-bond donors (Lipinski definition) is 1. The highest BCUT2D eigenvalue weighted by Gasteiger charge is 2.29. The molecule has 4 heterocycles. The number of anilines is 3. The highest BCUT2D eigenvalue weighted by molar-refractivity contribution is 5.59. The van der Waals surface area contributed by atoms with Crippen LogP contribution in [0.25, 0.3) is 0 Å². The molecule has 1 atom stereocenters. The van der Waals surface area contributed by atoms with E-state index in [0.29, 0.717) is 12.0 Å². The van der Waals surface area contributed by atoms with E-state index < -0.39 is 0 Å². The average Bonchev–Trinajstić information content (AvgIpc) is 2.91. The largest absolute Gasteiger partial charge is 0.490 e. The monoisotopic (exact) mass is 504 g/mol. The molecule has 2 aromatic rings. The van der Waals surface area contributed by atoms with Gasteiger partial charge in [-0.2, -0.15) is 4.98 Å². The number of nitrogens with one attached hydrogen (secondary N) is 1. The summed E-state index contributed by atoms with van der Waals surface area (Å²) in [5.41, 5.74) is 3.35. The topological polar surface area (TPSA) is 84.9 Å². The zero-order valence-electron chi connectivity index (χ0n) is 21.5. The van der Waals surface area contributed by atoms with E-state index in [4.69, 9.17) is 19.2 Å². The van der Waals surface area contributed by atoms with E-state index in [1.165, 1.54) is 5.69 Å². The Morgan fingerprint density at radius 1 is 0.973 bits per heavy atom. The van der Waals surface area contributed by atoms with Gasteiger partial charge in [0.1, 0.15) is 24.0 Å². The number of nitrogens with zero attached hydrogens (tertiary/aromatic N) is 5. The van der Waals surface area contributed by atoms with Crippen molar-refractivity contribution in [1.82, 2.24) is 19.9 Å². The molecule has 3 saturated heterocycles. The number of ether oxygens (including phenoxy) is 3. The lowest BCUT2D eigenvalue weighted by atomic mass is 9.94. The Morgan fingerprint density at radius 2 is 1.76 bits per heavy atom. The molecule has 0 spiro atoms. The minimum absolute atomic E-state index is 0.109. The molecule has 0 bridgehead atoms. The van der Waals surface area contributed by atoms with E-state index in [-0.39, 0.29) is 12.0 Å². The third kappa shape index (κ3) is 5.79. The Hall–Kier alpha value is -3.01. The van der Waals surface area contributed by atoms with Crippen LogP contribution in [0.2, 0.25) is 0 Å². The Balaban J connectivity index is 1.04. The third-order valence-corrected chi connectivity index (χ3v) is 7.72. The van der Waals surface area contributed by atoms with Gasteiger partial charge in [0.2, 0.25) is 5.95 Å². The molecular formula is C28H36N6O3. The number of hydrogen-bond acceptors (Lipinski definition) is 9. The second-order valence-electron chi connectivity index (χ2n) is 10.2. The van der Waals surface area contributed by atoms with Crippen molar-refractivity contribution in [3.05, 3.63) is 59.9 Å². The lowest BCUT2D eigenvalue weighted by Crippen LogP contribution is -2.56. The normalized spacial score (nSPS) is 23.7. The molecule has 9 nitrogen and oxygen atoms in total. The summed E-state index contributed by atoms with van der Waals surface area (Å²) in [6.45, 7) is 9.71. The molecule has 37 heavy (non-hydrogen) atoms. The molecule has 1 unspecified atom stereocenters. The molecule has 3 aliphatic heterocycles. The van der Waals surface area contributed by atoms with Crippen LogP contribution in [0.4, 0.5) is 17.3 Å². The van der Waals surface area contributed by atoms with Gasteiger partial charge in [-0.3, -0.25) is 4.90 Å². The number of rotatable bonds is 7. The maximum atomic E-state index is 6.24. The number of piperazine rings is 1. The molecule has 4 aliphatic rings. The van der Waals surface area contributed by atoms with Crippen LogP contribution in [-0.2, 0) is 14.2 Å². The van der Waals surface area contributed by atoms with Crippen LogP contribution in [0.1, 0.15) is 37.9 Å². The summed E-state index contributed by atoms with van der Waals surface area (Å²) in [5, 5.41) is 3.35. The van der Waals surface area contributed by atoms with E-state index >= 15 is 0 Å². The molecule has 0 radical (unpaired) electrons. The molecular weight excluding hydrogens is 468 g/mol. The quantitative estimate of drug-likeness (QED) is 0.607. The zero-order chi connectivity index (χ0) is 25.0. The Bertz CT molecular complexity index is 1120. The fourth-order valence-corrected chi connectivity index (χ4v) is 5.35. The molecule has 1 aromatic heterocycles. The summed E-state index contributed by atoms with van der Waals surface area (Å²) in [4.78, 5) is 18.6. The summed E-state index contributed by atoms with van der Waals surface area (Å²) in [5.74, 6) is 2.42. The fourth-order valence-electron chi connectivity index (χ4n) is 5.35. The Morgan fingerprint density at radius 3 is 2.46 bits per heavy atom. The van der Waals surface area contributed by atoms with Gasteiger partial charge in [-0.1, -0.05) is 6.08 Å². The van der Waals surface area contributed by atoms with Crippen LogP contribution < -0.4 is 10.2 Å². The van der Waals surface area contributed by atoms with Crippen molar-refractivity contribution in [3.63, 3.8) is 0 Å². The minimum atomic E-state index is 0.109. The predicted molar refractivity (Wildman–Crippen MR) is 142 cm³/mol. The summed E-state index contributed by atoms with van der Waals surface area (Å²) in [6.07, 6.45) is 8.92. The van der Waals surface area contributed by atoms with Gasteiger partial charge in [0.25, 0.3) is 0 Å². The van der Waals surface area contributed by atoms with Crippen molar-refractivity contribution in [1.29, 1.82) is 0 Å². The van der Waals surface area contributed by atoms with Gasteiger partial charge >= 0.3 is 0 Å². The van der Waals surface area contributed by atoms with Gasteiger partial charge in [-0.05, 0) is 49.3 Å². The summed E-state index contributed by atoms with van der Waals surface area (Å²) in [6, 6.07) is 9.15. The van der Waals surface area contributed by atoms with Crippen molar-refractivity contribution in [2.75, 3.05) is 62.8 Å². The first kappa shape index (κ1) is 24.3. The van der Waals surface area contributed by atoms with Crippen molar-refractivity contribution in [3.8, 4) is 0 Å². The fraction of sp³-hybridized carbons (Fsp3) is 0.536. The molecule has 196 valence electrons. The summed E-state index contributed by atoms with van der Waals surface area (Å²) < 4.78 is 17.0. The van der Waals surface area contributed by atoms with Crippen molar-refractivity contribution >= 4 is 17.3 Å². The molecule has 9 heteroatoms. The highest BCUT2D eigenvalue weighted by atomic mass is 16.5. The van der Waals surface area contributed by atoms with E-state index in [0.717, 1.165) is 94.7 Å². The first-order chi connectivity index (χ1) is 18.2. The smallest absolute Gasteiger partial charge is 0.230 e. The van der Waals surface area contributed by atoms with Crippen LogP contribution in [0.15, 0.2) is 54.1 Å². The molecule has 1 N–H and O–H groups in total. The van der Waals surface area contributed by atoms with Gasteiger partial charge in [0, 0.05) is 56.3 Å². The first-order valence-electron chi connectivity index (χ1n) is 13.5. The van der Waals surface area contributed by atoms with Gasteiger partial charge in [0.15, 0.2) is 0 Å². The van der Waals surface area contributed by atoms with E-state index in [9.17, 15) is 0 Å². The van der Waals surface area contributed by atoms with E-state index in [1.54, 1.807) is 6.33 Å². The number of allylic oxidation sites excluding steroid dienone is 3. The molecule has 1 aliphatic carbocycles. The van der Waals surface area contributed by atoms with E-state index in [1.807, 2.05) is 0 Å². The Kier molecular flexibility index (Phi) is 7.34. The molecule has 0 saturated carbocycles. The van der Waals surface area contributed by atoms with Crippen molar-refractivity contribution in [2.24, 2.45) is 0 Å². The van der Waals surface area contributed by atoms with Gasteiger partial charge in [-0.25, -0.2) is 9.97 Å². The molecule has 1 aromatic carbocycles. The Labute approximate surface area is 218 Å². The van der Waals surface area contributed by atoms with Crippen LogP contribution >= 0.6 is 0 Å². The lowest BCUT2D eigenvalue weighted by Gasteiger charge is -2.43. The number of benzene rings is 1. The second kappa shape index (κ2) is 11.2. The third-order valence-electron chi connectivity index (χ3n) is 7.72. The van der Waals surface area contributed by atoms with Gasteiger partial charge < -0.3 is 24.4 Å². The first-order valence-corrected chi connectivity index (χ1v) is 13.5. The van der Waals surface area contributed by atoms with Crippen LogP contribution in [-0.4, -0.2) is 84.6 Å². The molecule has 6 rings (SSSR count). The molecule has 3 fully saturated rings. The van der Waals surface area contributed by atoms with Crippen LogP contribution in [0.3, 0.4) is 0 Å². The maximum absolute atomic E-state index is 6.24. The molecule has 0 amide bonds. The average molecular weight is 505 g/mol. The van der Waals surface area contributed by atoms with Gasteiger partial charge in [0.05, 0.1) is 32.5 Å². The van der Waals surface area contributed by atoms with Gasteiger partial charge in [-0.15, -0.1) is 0 Å². The lowest BCUT2D eigenvalue weighted by molar-refractivity contribution is -0.0660. The standard InChI is InChI=1S/C28H36N6O3/c1-20-16-21(2-7-26(20)37-25-8-14-35-15-9-25)27-29-19-30-28(32-27)31-22-3-5-23(6-4-22)33-10-12-34(13-11-33)24-17-36-18-24/h3-7,16,19,21,24-25H,2,8-15,17-18H2,1H3,(H,29,30,31,32). The number of aromatic nitrogens is 3. The highest BCUT2D eigenvalue weighted by Crippen LogP contribution is 2.31. The summed E-state index contributed by atoms with van der Waals surface area (Å²) in [7, 11) is 0. The minimum Gasteiger partial charge on any atom is -0.490 e.